The first-order valence-electron chi connectivity index (χ1n) is 4.57. The Bertz CT molecular complexity index is 413. The van der Waals surface area contributed by atoms with Crippen molar-refractivity contribution >= 4 is 16.5 Å². The molecule has 0 heterocycles. The number of rotatable bonds is 1. The molecule has 2 rings (SSSR count). The summed E-state index contributed by atoms with van der Waals surface area (Å²) in [6.07, 6.45) is 0. The summed E-state index contributed by atoms with van der Waals surface area (Å²) < 4.78 is 0. The summed E-state index contributed by atoms with van der Waals surface area (Å²) >= 11 is 0. The predicted octanol–water partition coefficient (Wildman–Crippen LogP) is 1.62. The minimum atomic E-state index is 1.32. The summed E-state index contributed by atoms with van der Waals surface area (Å²) in [5.74, 6) is 0. The van der Waals surface area contributed by atoms with Gasteiger partial charge in [-0.15, -0.1) is 0 Å². The van der Waals surface area contributed by atoms with Crippen LogP contribution in [0.3, 0.4) is 0 Å². The van der Waals surface area contributed by atoms with Gasteiger partial charge in [-0.2, -0.15) is 0 Å². The van der Waals surface area contributed by atoms with Gasteiger partial charge in [-0.25, -0.2) is 0 Å². The molecule has 0 fully saturated rings. The van der Waals surface area contributed by atoms with Gasteiger partial charge >= 0.3 is 0 Å². The van der Waals surface area contributed by atoms with E-state index in [0.29, 0.717) is 0 Å². The van der Waals surface area contributed by atoms with Gasteiger partial charge in [-0.1, -0.05) is 30.3 Å². The van der Waals surface area contributed by atoms with Gasteiger partial charge in [0.25, 0.3) is 0 Å². The fourth-order valence-electron chi connectivity index (χ4n) is 1.66. The fraction of sp³-hybridized carbons (Fsp3) is 0.167. The van der Waals surface area contributed by atoms with Crippen molar-refractivity contribution in [3.05, 3.63) is 42.5 Å². The average molecular weight is 172 g/mol. The molecule has 0 unspecified atom stereocenters. The van der Waals surface area contributed by atoms with Crippen molar-refractivity contribution in [2.75, 3.05) is 14.1 Å². The molecule has 66 valence electrons. The summed E-state index contributed by atoms with van der Waals surface area (Å²) in [6, 6.07) is 15.0. The lowest BCUT2D eigenvalue weighted by molar-refractivity contribution is -0.785. The smallest absolute Gasteiger partial charge is 0.138 e. The Hall–Kier alpha value is -1.34. The molecule has 0 aromatic heterocycles. The van der Waals surface area contributed by atoms with Gasteiger partial charge in [0.1, 0.15) is 5.69 Å². The molecule has 2 aromatic carbocycles. The molecule has 0 amide bonds. The molecule has 0 atom stereocenters. The van der Waals surface area contributed by atoms with Crippen LogP contribution in [0.15, 0.2) is 42.5 Å². The number of benzene rings is 2. The molecule has 0 aliphatic rings. The maximum atomic E-state index is 2.18. The molecule has 0 aliphatic heterocycles. The molecular formula is C12H14N+. The summed E-state index contributed by atoms with van der Waals surface area (Å²) in [6.45, 7) is 0. The van der Waals surface area contributed by atoms with E-state index in [1.165, 1.54) is 21.4 Å². The van der Waals surface area contributed by atoms with Crippen LogP contribution in [0.4, 0.5) is 5.69 Å². The zero-order chi connectivity index (χ0) is 9.26. The second kappa shape index (κ2) is 3.19. The minimum Gasteiger partial charge on any atom is -0.307 e. The Morgan fingerprint density at radius 3 is 2.31 bits per heavy atom. The highest BCUT2D eigenvalue weighted by atomic mass is 15.1. The van der Waals surface area contributed by atoms with E-state index < -0.39 is 0 Å². The van der Waals surface area contributed by atoms with Crippen LogP contribution >= 0.6 is 0 Å². The van der Waals surface area contributed by atoms with Crippen LogP contribution < -0.4 is 4.90 Å². The van der Waals surface area contributed by atoms with Gasteiger partial charge < -0.3 is 4.90 Å². The molecule has 1 nitrogen and oxygen atoms in total. The Morgan fingerprint density at radius 1 is 0.846 bits per heavy atom. The first kappa shape index (κ1) is 8.27. The van der Waals surface area contributed by atoms with E-state index in [9.17, 15) is 0 Å². The standard InChI is InChI=1S/C12H13N/c1-13(2)12-9-5-7-10-6-3-4-8-11(10)12/h3-9H,1-2H3/p+1. The fourth-order valence-corrected chi connectivity index (χ4v) is 1.66. The SMILES string of the molecule is C[NH+](C)c1cccc2ccccc12. The van der Waals surface area contributed by atoms with Crippen LogP contribution in [0.5, 0.6) is 0 Å². The zero-order valence-electron chi connectivity index (χ0n) is 8.04. The van der Waals surface area contributed by atoms with Gasteiger partial charge in [0.2, 0.25) is 0 Å². The Kier molecular flexibility index (Phi) is 2.03. The number of quaternary nitrogens is 1. The maximum absolute atomic E-state index is 2.18. The van der Waals surface area contributed by atoms with E-state index in [1.807, 2.05) is 0 Å². The molecule has 1 heteroatoms. The van der Waals surface area contributed by atoms with Crippen molar-refractivity contribution in [2.24, 2.45) is 0 Å². The van der Waals surface area contributed by atoms with Crippen LogP contribution in [-0.2, 0) is 0 Å². The van der Waals surface area contributed by atoms with Gasteiger partial charge in [0.15, 0.2) is 0 Å². The van der Waals surface area contributed by atoms with Crippen LogP contribution in [0.2, 0.25) is 0 Å². The summed E-state index contributed by atoms with van der Waals surface area (Å²) in [7, 11) is 4.31. The molecule has 13 heavy (non-hydrogen) atoms. The monoisotopic (exact) mass is 172 g/mol. The number of nitrogens with one attached hydrogen (secondary N) is 1. The van der Waals surface area contributed by atoms with Gasteiger partial charge in [-0.05, 0) is 17.5 Å². The number of hydrogen-bond donors (Lipinski definition) is 1. The predicted molar refractivity (Wildman–Crippen MR) is 56.4 cm³/mol. The molecule has 0 bridgehead atoms. The van der Waals surface area contributed by atoms with Crippen molar-refractivity contribution in [3.8, 4) is 0 Å². The lowest BCUT2D eigenvalue weighted by Crippen LogP contribution is -3.00. The minimum absolute atomic E-state index is 1.32. The Morgan fingerprint density at radius 2 is 1.54 bits per heavy atom. The van der Waals surface area contributed by atoms with E-state index in [0.717, 1.165) is 0 Å². The molecule has 0 radical (unpaired) electrons. The van der Waals surface area contributed by atoms with Crippen molar-refractivity contribution in [3.63, 3.8) is 0 Å². The second-order valence-corrected chi connectivity index (χ2v) is 3.53. The van der Waals surface area contributed by atoms with Crippen molar-refractivity contribution < 1.29 is 4.90 Å². The summed E-state index contributed by atoms with van der Waals surface area (Å²) in [5.41, 5.74) is 1.36. The van der Waals surface area contributed by atoms with E-state index in [2.05, 4.69) is 56.6 Å². The van der Waals surface area contributed by atoms with Gasteiger partial charge in [0, 0.05) is 5.39 Å². The quantitative estimate of drug-likeness (QED) is 0.666. The third kappa shape index (κ3) is 1.43. The van der Waals surface area contributed by atoms with Crippen molar-refractivity contribution in [2.45, 2.75) is 0 Å². The molecule has 2 aromatic rings. The highest BCUT2D eigenvalue weighted by Gasteiger charge is 2.04. The van der Waals surface area contributed by atoms with Crippen molar-refractivity contribution in [1.29, 1.82) is 0 Å². The molecule has 1 N–H and O–H groups in total. The third-order valence-corrected chi connectivity index (χ3v) is 2.33. The summed E-state index contributed by atoms with van der Waals surface area (Å²) in [5, 5.41) is 2.67. The van der Waals surface area contributed by atoms with E-state index >= 15 is 0 Å². The van der Waals surface area contributed by atoms with Crippen LogP contribution in [0.1, 0.15) is 0 Å². The van der Waals surface area contributed by atoms with E-state index in [-0.39, 0.29) is 0 Å². The molecular weight excluding hydrogens is 158 g/mol. The van der Waals surface area contributed by atoms with Gasteiger partial charge in [0.05, 0.1) is 14.1 Å². The highest BCUT2D eigenvalue weighted by molar-refractivity contribution is 5.90. The first-order valence-corrected chi connectivity index (χ1v) is 4.57. The molecule has 0 saturated heterocycles. The van der Waals surface area contributed by atoms with E-state index in [1.54, 1.807) is 0 Å². The van der Waals surface area contributed by atoms with Crippen LogP contribution in [-0.4, -0.2) is 14.1 Å². The normalized spacial score (nSPS) is 11.0. The largest absolute Gasteiger partial charge is 0.307 e. The Balaban J connectivity index is 2.76. The molecule has 0 spiro atoms. The van der Waals surface area contributed by atoms with E-state index in [4.69, 9.17) is 0 Å². The first-order chi connectivity index (χ1) is 6.29. The number of fused-ring (bicyclic) bond motifs is 1. The van der Waals surface area contributed by atoms with Crippen LogP contribution in [0.25, 0.3) is 10.8 Å². The average Bonchev–Trinajstić information content (AvgIpc) is 2.17. The number of hydrogen-bond acceptors (Lipinski definition) is 0. The summed E-state index contributed by atoms with van der Waals surface area (Å²) in [4.78, 5) is 1.37. The maximum Gasteiger partial charge on any atom is 0.138 e. The molecule has 0 saturated carbocycles. The zero-order valence-corrected chi connectivity index (χ0v) is 8.04. The second-order valence-electron chi connectivity index (χ2n) is 3.53. The van der Waals surface area contributed by atoms with Crippen LogP contribution in [0, 0.1) is 0 Å². The lowest BCUT2D eigenvalue weighted by atomic mass is 10.1. The lowest BCUT2D eigenvalue weighted by Gasteiger charge is -2.09. The highest BCUT2D eigenvalue weighted by Crippen LogP contribution is 2.19. The molecule has 0 aliphatic carbocycles. The topological polar surface area (TPSA) is 4.44 Å². The van der Waals surface area contributed by atoms with Crippen molar-refractivity contribution in [1.82, 2.24) is 0 Å². The Labute approximate surface area is 78.6 Å². The third-order valence-electron chi connectivity index (χ3n) is 2.33. The van der Waals surface area contributed by atoms with Gasteiger partial charge in [-0.3, -0.25) is 0 Å².